The zero-order valence-electron chi connectivity index (χ0n) is 14.2. The maximum Gasteiger partial charge on any atom is 0.305 e. The second-order valence-electron chi connectivity index (χ2n) is 4.94. The Morgan fingerprint density at radius 3 is 2.21 bits per heavy atom. The number of amides is 1. The molecule has 0 saturated heterocycles. The Morgan fingerprint density at radius 2 is 1.75 bits per heavy atom. The van der Waals surface area contributed by atoms with E-state index >= 15 is 0 Å². The third kappa shape index (κ3) is 4.53. The van der Waals surface area contributed by atoms with E-state index in [0.717, 1.165) is 0 Å². The molecule has 0 radical (unpaired) electrons. The molecule has 0 bridgehead atoms. The fourth-order valence-electron chi connectivity index (χ4n) is 2.26. The molecule has 0 fully saturated rings. The molecule has 0 spiro atoms. The van der Waals surface area contributed by atoms with Crippen LogP contribution in [0.3, 0.4) is 0 Å². The molecule has 1 aromatic carbocycles. The first kappa shape index (κ1) is 20.1. The number of carbonyl (C=O) groups excluding carboxylic acids is 1. The van der Waals surface area contributed by atoms with Gasteiger partial charge in [-0.1, -0.05) is 6.92 Å². The Morgan fingerprint density at radius 1 is 1.12 bits per heavy atom. The van der Waals surface area contributed by atoms with Crippen molar-refractivity contribution in [3.63, 3.8) is 0 Å². The Balaban J connectivity index is 3.31. The Bertz CT molecular complexity index is 605. The minimum Gasteiger partial charge on any atom is -0.493 e. The smallest absolute Gasteiger partial charge is 0.305 e. The molecule has 24 heavy (non-hydrogen) atoms. The zero-order valence-corrected chi connectivity index (χ0v) is 15.8. The molecule has 0 aliphatic rings. The van der Waals surface area contributed by atoms with Gasteiger partial charge in [0.25, 0.3) is 5.91 Å². The van der Waals surface area contributed by atoms with Crippen molar-refractivity contribution in [1.29, 1.82) is 0 Å². The largest absolute Gasteiger partial charge is 0.493 e. The Hall–Kier alpha value is -1.96. The van der Waals surface area contributed by atoms with Gasteiger partial charge in [0, 0.05) is 13.1 Å². The summed E-state index contributed by atoms with van der Waals surface area (Å²) in [5.74, 6) is -0.182. The molecule has 1 aromatic rings. The molecule has 0 atom stereocenters. The van der Waals surface area contributed by atoms with Gasteiger partial charge in [-0.25, -0.2) is 0 Å². The lowest BCUT2D eigenvalue weighted by molar-refractivity contribution is -0.137. The summed E-state index contributed by atoms with van der Waals surface area (Å²) in [5, 5.41) is 8.87. The predicted octanol–water partition coefficient (Wildman–Crippen LogP) is 2.80. The van der Waals surface area contributed by atoms with Gasteiger partial charge in [0.05, 0.1) is 37.8 Å². The molecule has 0 saturated carbocycles. The van der Waals surface area contributed by atoms with Gasteiger partial charge in [0.15, 0.2) is 11.5 Å². The summed E-state index contributed by atoms with van der Waals surface area (Å²) in [6, 6.07) is 1.55. The number of nitrogens with zero attached hydrogens (tertiary/aromatic N) is 1. The molecule has 134 valence electrons. The van der Waals surface area contributed by atoms with E-state index in [0.29, 0.717) is 40.3 Å². The normalized spacial score (nSPS) is 10.2. The monoisotopic (exact) mass is 403 g/mol. The molecule has 1 amide bonds. The fraction of sp³-hybridized carbons (Fsp3) is 0.500. The lowest BCUT2D eigenvalue weighted by atomic mass is 10.1. The number of methoxy groups -OCH3 is 3. The molecule has 8 heteroatoms. The van der Waals surface area contributed by atoms with Crippen LogP contribution in [0.4, 0.5) is 0 Å². The second-order valence-corrected chi connectivity index (χ2v) is 5.74. The Kier molecular flexibility index (Phi) is 7.84. The van der Waals surface area contributed by atoms with Crippen LogP contribution in [0.1, 0.15) is 30.1 Å². The van der Waals surface area contributed by atoms with Gasteiger partial charge in [0.1, 0.15) is 0 Å². The number of ether oxygens (including phenoxy) is 3. The summed E-state index contributed by atoms with van der Waals surface area (Å²) in [6.07, 6.45) is 0.598. The highest BCUT2D eigenvalue weighted by Crippen LogP contribution is 2.45. The minimum absolute atomic E-state index is 0.117. The fourth-order valence-corrected chi connectivity index (χ4v) is 2.89. The first-order valence-electron chi connectivity index (χ1n) is 7.40. The van der Waals surface area contributed by atoms with E-state index in [1.807, 2.05) is 6.92 Å². The van der Waals surface area contributed by atoms with Crippen LogP contribution in [0.2, 0.25) is 0 Å². The molecular formula is C16H22BrNO6. The first-order valence-corrected chi connectivity index (χ1v) is 8.20. The van der Waals surface area contributed by atoms with E-state index in [9.17, 15) is 9.59 Å². The summed E-state index contributed by atoms with van der Waals surface area (Å²) in [6.45, 7) is 2.51. The van der Waals surface area contributed by atoms with Crippen molar-refractivity contribution in [2.45, 2.75) is 19.8 Å². The van der Waals surface area contributed by atoms with Crippen molar-refractivity contribution in [3.05, 3.63) is 16.1 Å². The third-order valence-electron chi connectivity index (χ3n) is 3.38. The van der Waals surface area contributed by atoms with E-state index < -0.39 is 5.97 Å². The number of carbonyl (C=O) groups is 2. The van der Waals surface area contributed by atoms with Crippen molar-refractivity contribution in [1.82, 2.24) is 4.90 Å². The number of halogens is 1. The van der Waals surface area contributed by atoms with Crippen LogP contribution < -0.4 is 14.2 Å². The van der Waals surface area contributed by atoms with Crippen LogP contribution in [0, 0.1) is 0 Å². The summed E-state index contributed by atoms with van der Waals surface area (Å²) >= 11 is 3.37. The molecule has 0 aromatic heterocycles. The van der Waals surface area contributed by atoms with E-state index in [1.54, 1.807) is 6.07 Å². The Labute approximate surface area is 149 Å². The molecule has 1 rings (SSSR count). The van der Waals surface area contributed by atoms with Crippen molar-refractivity contribution < 1.29 is 28.9 Å². The third-order valence-corrected chi connectivity index (χ3v) is 4.16. The number of hydrogen-bond donors (Lipinski definition) is 1. The van der Waals surface area contributed by atoms with Crippen LogP contribution >= 0.6 is 15.9 Å². The first-order chi connectivity index (χ1) is 11.4. The highest BCUT2D eigenvalue weighted by Gasteiger charge is 2.25. The van der Waals surface area contributed by atoms with Crippen molar-refractivity contribution in [2.75, 3.05) is 34.4 Å². The van der Waals surface area contributed by atoms with Gasteiger partial charge in [-0.3, -0.25) is 9.59 Å². The predicted molar refractivity (Wildman–Crippen MR) is 92.2 cm³/mol. The summed E-state index contributed by atoms with van der Waals surface area (Å²) in [5.41, 5.74) is 0.323. The van der Waals surface area contributed by atoms with Crippen LogP contribution in [-0.2, 0) is 4.79 Å². The average molecular weight is 404 g/mol. The molecular weight excluding hydrogens is 382 g/mol. The number of carboxylic acids is 1. The number of hydrogen-bond acceptors (Lipinski definition) is 5. The van der Waals surface area contributed by atoms with E-state index in [2.05, 4.69) is 15.9 Å². The SMILES string of the molecule is CCCN(CCC(=O)O)C(=O)c1cc(OC)c(OC)c(OC)c1Br. The molecule has 7 nitrogen and oxygen atoms in total. The van der Waals surface area contributed by atoms with E-state index in [1.165, 1.54) is 26.2 Å². The average Bonchev–Trinajstić information content (AvgIpc) is 2.57. The molecule has 0 aliphatic heterocycles. The van der Waals surface area contributed by atoms with Gasteiger partial charge in [-0.15, -0.1) is 0 Å². The van der Waals surface area contributed by atoms with Crippen LogP contribution in [-0.4, -0.2) is 56.3 Å². The van der Waals surface area contributed by atoms with Gasteiger partial charge >= 0.3 is 5.97 Å². The summed E-state index contributed by atoms with van der Waals surface area (Å²) in [7, 11) is 4.41. The maximum absolute atomic E-state index is 12.9. The molecule has 1 N–H and O–H groups in total. The van der Waals surface area contributed by atoms with Crippen LogP contribution in [0.5, 0.6) is 17.2 Å². The van der Waals surface area contributed by atoms with E-state index in [-0.39, 0.29) is 18.9 Å². The van der Waals surface area contributed by atoms with Crippen molar-refractivity contribution in [2.24, 2.45) is 0 Å². The number of rotatable bonds is 9. The van der Waals surface area contributed by atoms with Gasteiger partial charge in [0.2, 0.25) is 5.75 Å². The van der Waals surface area contributed by atoms with E-state index in [4.69, 9.17) is 19.3 Å². The highest BCUT2D eigenvalue weighted by molar-refractivity contribution is 9.10. The second kappa shape index (κ2) is 9.36. The molecule has 0 unspecified atom stereocenters. The van der Waals surface area contributed by atoms with Crippen molar-refractivity contribution in [3.8, 4) is 17.2 Å². The van der Waals surface area contributed by atoms with Gasteiger partial charge in [-0.05, 0) is 28.4 Å². The van der Waals surface area contributed by atoms with Crippen LogP contribution in [0.25, 0.3) is 0 Å². The minimum atomic E-state index is -0.951. The van der Waals surface area contributed by atoms with Gasteiger partial charge in [-0.2, -0.15) is 0 Å². The molecule has 0 aliphatic carbocycles. The maximum atomic E-state index is 12.9. The number of benzene rings is 1. The summed E-state index contributed by atoms with van der Waals surface area (Å²) in [4.78, 5) is 25.2. The van der Waals surface area contributed by atoms with Crippen LogP contribution in [0.15, 0.2) is 10.5 Å². The lowest BCUT2D eigenvalue weighted by Gasteiger charge is -2.23. The van der Waals surface area contributed by atoms with Gasteiger partial charge < -0.3 is 24.2 Å². The number of aliphatic carboxylic acids is 1. The number of carboxylic acid groups (broad SMARTS) is 1. The molecule has 0 heterocycles. The summed E-state index contributed by atoms with van der Waals surface area (Å²) < 4.78 is 16.3. The highest BCUT2D eigenvalue weighted by atomic mass is 79.9. The topological polar surface area (TPSA) is 85.3 Å². The van der Waals surface area contributed by atoms with Crippen molar-refractivity contribution >= 4 is 27.8 Å². The zero-order chi connectivity index (χ0) is 18.3. The quantitative estimate of drug-likeness (QED) is 0.682. The standard InChI is InChI=1S/C16H22BrNO6/c1-5-7-18(8-6-12(19)20)16(21)10-9-11(22-2)14(23-3)15(24-4)13(10)17/h9H,5-8H2,1-4H3,(H,19,20). The lowest BCUT2D eigenvalue weighted by Crippen LogP contribution is -2.34.